The van der Waals surface area contributed by atoms with Gasteiger partial charge in [0.2, 0.25) is 0 Å². The van der Waals surface area contributed by atoms with E-state index >= 15 is 0 Å². The molecule has 0 saturated carbocycles. The Morgan fingerprint density at radius 2 is 1.27 bits per heavy atom. The minimum atomic E-state index is 0.871. The molecule has 2 aromatic heterocycles. The summed E-state index contributed by atoms with van der Waals surface area (Å²) in [5.41, 5.74) is 8.80. The van der Waals surface area contributed by atoms with Crippen molar-refractivity contribution in [2.24, 2.45) is 0 Å². The lowest BCUT2D eigenvalue weighted by Gasteiger charge is -2.13. The summed E-state index contributed by atoms with van der Waals surface area (Å²) in [6.45, 7) is 2.16. The maximum atomic E-state index is 5.17. The van der Waals surface area contributed by atoms with Crippen molar-refractivity contribution in [1.29, 1.82) is 0 Å². The molecule has 0 spiro atoms. The lowest BCUT2D eigenvalue weighted by atomic mass is 9.94. The first-order valence-corrected chi connectivity index (χ1v) is 14.2. The number of aromatic nitrogens is 3. The van der Waals surface area contributed by atoms with Gasteiger partial charge in [-0.3, -0.25) is 4.57 Å². The van der Waals surface area contributed by atoms with E-state index in [9.17, 15) is 0 Å². The molecule has 0 N–H and O–H groups in total. The number of rotatable bonds is 4. The van der Waals surface area contributed by atoms with Crippen molar-refractivity contribution in [2.75, 3.05) is 0 Å². The number of hydrogen-bond donors (Lipinski definition) is 0. The quantitative estimate of drug-likeness (QED) is 0.214. The van der Waals surface area contributed by atoms with Crippen LogP contribution in [0.25, 0.3) is 71.6 Å². The first kappa shape index (κ1) is 23.6. The van der Waals surface area contributed by atoms with Crippen LogP contribution in [0.4, 0.5) is 0 Å². The zero-order valence-corrected chi connectivity index (χ0v) is 22.8. The number of benzene rings is 6. The van der Waals surface area contributed by atoms with Gasteiger partial charge in [0.1, 0.15) is 5.82 Å². The van der Waals surface area contributed by atoms with E-state index in [1.54, 1.807) is 0 Å². The molecular weight excluding hydrogens is 498 g/mol. The van der Waals surface area contributed by atoms with Crippen molar-refractivity contribution in [3.63, 3.8) is 0 Å². The van der Waals surface area contributed by atoms with Crippen LogP contribution in [-0.2, 0) is 6.42 Å². The van der Waals surface area contributed by atoms with Gasteiger partial charge >= 0.3 is 0 Å². The maximum absolute atomic E-state index is 5.17. The minimum absolute atomic E-state index is 0.871. The highest BCUT2D eigenvalue weighted by molar-refractivity contribution is 6.22. The molecule has 0 aliphatic rings. The Morgan fingerprint density at radius 1 is 0.537 bits per heavy atom. The van der Waals surface area contributed by atoms with Crippen LogP contribution in [0, 0.1) is 0 Å². The Bertz CT molecular complexity index is 2220. The monoisotopic (exact) mass is 525 g/mol. The average molecular weight is 526 g/mol. The average Bonchev–Trinajstić information content (AvgIpc) is 3.43. The second-order valence-electron chi connectivity index (χ2n) is 10.5. The van der Waals surface area contributed by atoms with Crippen molar-refractivity contribution in [2.45, 2.75) is 13.3 Å². The van der Waals surface area contributed by atoms with Crippen LogP contribution >= 0.6 is 0 Å². The second-order valence-corrected chi connectivity index (χ2v) is 10.5. The highest BCUT2D eigenvalue weighted by Crippen LogP contribution is 2.37. The molecular formula is C38H27N3. The predicted molar refractivity (Wildman–Crippen MR) is 172 cm³/mol. The van der Waals surface area contributed by atoms with Crippen molar-refractivity contribution < 1.29 is 0 Å². The number of nitrogens with zero attached hydrogens (tertiary/aromatic N) is 3. The van der Waals surface area contributed by atoms with Crippen molar-refractivity contribution in [1.82, 2.24) is 14.5 Å². The number of para-hydroxylation sites is 3. The van der Waals surface area contributed by atoms with Crippen LogP contribution in [0.5, 0.6) is 0 Å². The molecule has 0 saturated heterocycles. The summed E-state index contributed by atoms with van der Waals surface area (Å²) < 4.78 is 2.28. The van der Waals surface area contributed by atoms with Gasteiger partial charge in [0.15, 0.2) is 0 Å². The van der Waals surface area contributed by atoms with Crippen LogP contribution in [0.15, 0.2) is 133 Å². The van der Waals surface area contributed by atoms with E-state index in [0.717, 1.165) is 45.7 Å². The normalized spacial score (nSPS) is 11.6. The maximum Gasteiger partial charge on any atom is 0.114 e. The van der Waals surface area contributed by atoms with E-state index in [2.05, 4.69) is 139 Å². The Morgan fingerprint density at radius 3 is 2.12 bits per heavy atom. The third kappa shape index (κ3) is 3.81. The number of aryl methyl sites for hydroxylation is 1. The zero-order valence-electron chi connectivity index (χ0n) is 22.8. The number of pyridine rings is 1. The fourth-order valence-corrected chi connectivity index (χ4v) is 6.19. The summed E-state index contributed by atoms with van der Waals surface area (Å²) in [6, 6.07) is 47.5. The minimum Gasteiger partial charge on any atom is -0.296 e. The molecule has 194 valence electrons. The summed E-state index contributed by atoms with van der Waals surface area (Å²) >= 11 is 0. The highest BCUT2D eigenvalue weighted by Gasteiger charge is 2.14. The summed E-state index contributed by atoms with van der Waals surface area (Å²) in [7, 11) is 0. The van der Waals surface area contributed by atoms with E-state index in [1.807, 2.05) is 6.07 Å². The van der Waals surface area contributed by atoms with Crippen LogP contribution in [0.1, 0.15) is 12.7 Å². The molecule has 8 rings (SSSR count). The molecule has 41 heavy (non-hydrogen) atoms. The molecule has 0 fully saturated rings. The van der Waals surface area contributed by atoms with Gasteiger partial charge in [-0.05, 0) is 52.2 Å². The summed E-state index contributed by atoms with van der Waals surface area (Å²) in [4.78, 5) is 10.0. The molecule has 0 amide bonds. The van der Waals surface area contributed by atoms with Gasteiger partial charge in [-0.1, -0.05) is 110 Å². The van der Waals surface area contributed by atoms with Gasteiger partial charge in [0.25, 0.3) is 0 Å². The largest absolute Gasteiger partial charge is 0.296 e. The summed E-state index contributed by atoms with van der Waals surface area (Å²) in [5, 5.41) is 6.14. The van der Waals surface area contributed by atoms with E-state index in [0.29, 0.717) is 0 Å². The first-order valence-electron chi connectivity index (χ1n) is 14.2. The van der Waals surface area contributed by atoms with Crippen LogP contribution in [0.3, 0.4) is 0 Å². The molecule has 8 aromatic rings. The molecule has 0 unspecified atom stereocenters. The van der Waals surface area contributed by atoms with Crippen molar-refractivity contribution in [3.05, 3.63) is 139 Å². The number of hydrogen-bond acceptors (Lipinski definition) is 2. The Balaban J connectivity index is 1.25. The molecule has 6 aromatic carbocycles. The molecule has 0 atom stereocenters. The van der Waals surface area contributed by atoms with E-state index < -0.39 is 0 Å². The van der Waals surface area contributed by atoms with Crippen LogP contribution in [-0.4, -0.2) is 14.5 Å². The molecule has 0 aliphatic carbocycles. The fourth-order valence-electron chi connectivity index (χ4n) is 6.19. The van der Waals surface area contributed by atoms with Crippen LogP contribution in [0.2, 0.25) is 0 Å². The summed E-state index contributed by atoms with van der Waals surface area (Å²) in [5.74, 6) is 1.07. The zero-order chi connectivity index (χ0) is 27.3. The third-order valence-corrected chi connectivity index (χ3v) is 8.13. The Hall–Kier alpha value is -5.28. The van der Waals surface area contributed by atoms with Crippen molar-refractivity contribution in [3.8, 4) is 28.1 Å². The van der Waals surface area contributed by atoms with Gasteiger partial charge in [-0.25, -0.2) is 9.97 Å². The smallest absolute Gasteiger partial charge is 0.114 e. The molecule has 3 nitrogen and oxygen atoms in total. The Kier molecular flexibility index (Phi) is 5.42. The predicted octanol–water partition coefficient (Wildman–Crippen LogP) is 9.78. The number of imidazole rings is 1. The van der Waals surface area contributed by atoms with E-state index in [1.165, 1.54) is 38.1 Å². The fraction of sp³-hybridized carbons (Fsp3) is 0.0526. The topological polar surface area (TPSA) is 30.7 Å². The SMILES string of the molecule is CCc1nc2ccccc2n1-c1cccc(-c2ccc(-c3nc4ccccc4c4c3ccc3ccccc34)cc2)c1. The molecule has 0 aliphatic heterocycles. The highest BCUT2D eigenvalue weighted by atomic mass is 15.1. The standard InChI is InChI=1S/C38H27N3/c1-2-36-39-34-16-7-8-17-35(34)41(36)29-12-9-11-28(24-29)25-18-20-27(21-19-25)38-32-23-22-26-10-3-4-13-30(26)37(32)31-14-5-6-15-33(31)40-38/h3-24H,2H2,1H3. The van der Waals surface area contributed by atoms with Gasteiger partial charge in [-0.2, -0.15) is 0 Å². The first-order chi connectivity index (χ1) is 20.3. The Labute approximate surface area is 238 Å². The van der Waals surface area contributed by atoms with Gasteiger partial charge in [0, 0.05) is 33.8 Å². The molecule has 0 bridgehead atoms. The van der Waals surface area contributed by atoms with E-state index in [4.69, 9.17) is 9.97 Å². The van der Waals surface area contributed by atoms with E-state index in [-0.39, 0.29) is 0 Å². The van der Waals surface area contributed by atoms with Gasteiger partial charge < -0.3 is 0 Å². The second kappa shape index (κ2) is 9.42. The third-order valence-electron chi connectivity index (χ3n) is 8.13. The molecule has 3 heteroatoms. The summed E-state index contributed by atoms with van der Waals surface area (Å²) in [6.07, 6.45) is 0.871. The van der Waals surface area contributed by atoms with Gasteiger partial charge in [0.05, 0.1) is 22.2 Å². The lowest BCUT2D eigenvalue weighted by molar-refractivity contribution is 0.908. The number of fused-ring (bicyclic) bond motifs is 6. The van der Waals surface area contributed by atoms with Gasteiger partial charge in [-0.15, -0.1) is 0 Å². The lowest BCUT2D eigenvalue weighted by Crippen LogP contribution is -2.00. The van der Waals surface area contributed by atoms with Crippen molar-refractivity contribution >= 4 is 43.5 Å². The molecule has 2 heterocycles. The van der Waals surface area contributed by atoms with Crippen LogP contribution < -0.4 is 0 Å². The molecule has 0 radical (unpaired) electrons.